The van der Waals surface area contributed by atoms with Crippen LogP contribution in [-0.4, -0.2) is 29.3 Å². The monoisotopic (exact) mass is 326 g/mol. The SMILES string of the molecule is CNCC(=O)Nc1ccc2c(CP(=O)(O)O)cc(=O)oc2c1. The van der Waals surface area contributed by atoms with Gasteiger partial charge in [0.05, 0.1) is 12.7 Å². The van der Waals surface area contributed by atoms with Gasteiger partial charge in [0.25, 0.3) is 0 Å². The Kier molecular flexibility index (Phi) is 4.77. The van der Waals surface area contributed by atoms with Crippen LogP contribution < -0.4 is 16.3 Å². The van der Waals surface area contributed by atoms with Crippen molar-refractivity contribution in [2.45, 2.75) is 6.16 Å². The molecule has 1 heterocycles. The van der Waals surface area contributed by atoms with Crippen molar-refractivity contribution >= 4 is 30.2 Å². The lowest BCUT2D eigenvalue weighted by Gasteiger charge is -2.09. The Morgan fingerprint density at radius 2 is 2.05 bits per heavy atom. The van der Waals surface area contributed by atoms with Crippen LogP contribution in [0.4, 0.5) is 5.69 Å². The first-order valence-corrected chi connectivity index (χ1v) is 8.14. The lowest BCUT2D eigenvalue weighted by molar-refractivity contribution is -0.115. The van der Waals surface area contributed by atoms with E-state index < -0.39 is 19.4 Å². The van der Waals surface area contributed by atoms with Gasteiger partial charge in [-0.05, 0) is 24.7 Å². The first-order chi connectivity index (χ1) is 10.3. The van der Waals surface area contributed by atoms with Gasteiger partial charge in [0, 0.05) is 23.2 Å². The zero-order valence-corrected chi connectivity index (χ0v) is 12.6. The van der Waals surface area contributed by atoms with E-state index in [9.17, 15) is 14.2 Å². The number of amides is 1. The van der Waals surface area contributed by atoms with Crippen molar-refractivity contribution in [3.05, 3.63) is 40.2 Å². The van der Waals surface area contributed by atoms with E-state index in [2.05, 4.69) is 10.6 Å². The summed E-state index contributed by atoms with van der Waals surface area (Å²) < 4.78 is 16.2. The van der Waals surface area contributed by atoms with E-state index in [1.165, 1.54) is 12.1 Å². The van der Waals surface area contributed by atoms with Crippen LogP contribution in [0.15, 0.2) is 33.5 Å². The zero-order chi connectivity index (χ0) is 16.3. The van der Waals surface area contributed by atoms with Crippen LogP contribution in [0.1, 0.15) is 5.56 Å². The molecule has 1 aromatic heterocycles. The van der Waals surface area contributed by atoms with Gasteiger partial charge in [0.1, 0.15) is 5.58 Å². The number of rotatable bonds is 5. The fourth-order valence-electron chi connectivity index (χ4n) is 2.03. The molecule has 0 aliphatic heterocycles. The maximum absolute atomic E-state index is 11.5. The molecule has 2 aromatic rings. The third-order valence-corrected chi connectivity index (χ3v) is 3.58. The molecule has 0 fully saturated rings. The van der Waals surface area contributed by atoms with Crippen molar-refractivity contribution in [2.24, 2.45) is 0 Å². The number of hydrogen-bond acceptors (Lipinski definition) is 5. The van der Waals surface area contributed by atoms with E-state index in [0.717, 1.165) is 6.07 Å². The van der Waals surface area contributed by atoms with Crippen LogP contribution >= 0.6 is 7.60 Å². The summed E-state index contributed by atoms with van der Waals surface area (Å²) in [4.78, 5) is 41.1. The Hall–Kier alpha value is -1.99. The molecule has 1 amide bonds. The summed E-state index contributed by atoms with van der Waals surface area (Å²) in [5, 5.41) is 5.71. The number of carbonyl (C=O) groups excluding carboxylic acids is 1. The van der Waals surface area contributed by atoms with Gasteiger partial charge in [0.2, 0.25) is 5.91 Å². The Bertz CT molecular complexity index is 810. The Balaban J connectivity index is 2.43. The molecule has 1 aromatic carbocycles. The Morgan fingerprint density at radius 1 is 1.32 bits per heavy atom. The van der Waals surface area contributed by atoms with Crippen molar-refractivity contribution in [1.29, 1.82) is 0 Å². The van der Waals surface area contributed by atoms with Gasteiger partial charge in [-0.3, -0.25) is 9.36 Å². The number of anilines is 1. The molecule has 0 aliphatic rings. The number of fused-ring (bicyclic) bond motifs is 1. The van der Waals surface area contributed by atoms with Crippen molar-refractivity contribution in [2.75, 3.05) is 18.9 Å². The first-order valence-electron chi connectivity index (χ1n) is 6.34. The molecule has 22 heavy (non-hydrogen) atoms. The summed E-state index contributed by atoms with van der Waals surface area (Å²) in [6.45, 7) is 0.125. The standard InChI is InChI=1S/C13H15N2O6P/c1-14-6-12(16)15-9-2-3-10-8(7-22(18,19)20)4-13(17)21-11(10)5-9/h2-5,14H,6-7H2,1H3,(H,15,16)(H2,18,19,20). The predicted octanol–water partition coefficient (Wildman–Crippen LogP) is 0.629. The quantitative estimate of drug-likeness (QED) is 0.468. The topological polar surface area (TPSA) is 129 Å². The molecule has 0 saturated heterocycles. The fourth-order valence-corrected chi connectivity index (χ4v) is 2.73. The second-order valence-corrected chi connectivity index (χ2v) is 6.35. The minimum absolute atomic E-state index is 0.125. The largest absolute Gasteiger partial charge is 0.423 e. The number of hydrogen-bond donors (Lipinski definition) is 4. The van der Waals surface area contributed by atoms with Gasteiger partial charge in [-0.2, -0.15) is 0 Å². The number of benzene rings is 1. The lowest BCUT2D eigenvalue weighted by Crippen LogP contribution is -2.25. The van der Waals surface area contributed by atoms with Gasteiger partial charge in [-0.25, -0.2) is 4.79 Å². The summed E-state index contributed by atoms with van der Waals surface area (Å²) in [6, 6.07) is 5.60. The first kappa shape index (κ1) is 16.4. The number of nitrogens with one attached hydrogen (secondary N) is 2. The number of likely N-dealkylation sites (N-methyl/N-ethyl adjacent to an activating group) is 1. The molecule has 8 nitrogen and oxygen atoms in total. The lowest BCUT2D eigenvalue weighted by atomic mass is 10.1. The summed E-state index contributed by atoms with van der Waals surface area (Å²) >= 11 is 0. The minimum atomic E-state index is -4.31. The second-order valence-electron chi connectivity index (χ2n) is 4.70. The van der Waals surface area contributed by atoms with Crippen LogP contribution in [0, 0.1) is 0 Å². The molecule has 0 unspecified atom stereocenters. The molecule has 0 spiro atoms. The van der Waals surface area contributed by atoms with Crippen LogP contribution in [0.25, 0.3) is 11.0 Å². The average molecular weight is 326 g/mol. The smallest absolute Gasteiger partial charge is 0.336 e. The summed E-state index contributed by atoms with van der Waals surface area (Å²) in [5.41, 5.74) is 0.0600. The molecule has 0 radical (unpaired) electrons. The van der Waals surface area contributed by atoms with Crippen molar-refractivity contribution < 1.29 is 23.6 Å². The molecular formula is C13H15N2O6P. The Morgan fingerprint density at radius 3 is 2.68 bits per heavy atom. The van der Waals surface area contributed by atoms with E-state index in [0.29, 0.717) is 11.1 Å². The molecule has 0 bridgehead atoms. The summed E-state index contributed by atoms with van der Waals surface area (Å²) in [5.74, 6) is -0.268. The highest BCUT2D eigenvalue weighted by Crippen LogP contribution is 2.40. The zero-order valence-electron chi connectivity index (χ0n) is 11.7. The van der Waals surface area contributed by atoms with Crippen LogP contribution in [0.2, 0.25) is 0 Å². The fraction of sp³-hybridized carbons (Fsp3) is 0.231. The van der Waals surface area contributed by atoms with Gasteiger partial charge >= 0.3 is 13.2 Å². The van der Waals surface area contributed by atoms with Crippen LogP contribution in [0.3, 0.4) is 0 Å². The van der Waals surface area contributed by atoms with Gasteiger partial charge in [-0.1, -0.05) is 0 Å². The van der Waals surface area contributed by atoms with Gasteiger partial charge in [-0.15, -0.1) is 0 Å². The van der Waals surface area contributed by atoms with E-state index in [4.69, 9.17) is 14.2 Å². The van der Waals surface area contributed by atoms with Crippen LogP contribution in [-0.2, 0) is 15.5 Å². The van der Waals surface area contributed by atoms with Crippen molar-refractivity contribution in [1.82, 2.24) is 5.32 Å². The average Bonchev–Trinajstić information content (AvgIpc) is 2.36. The summed E-state index contributed by atoms with van der Waals surface area (Å²) in [7, 11) is -2.68. The maximum atomic E-state index is 11.5. The molecule has 118 valence electrons. The van der Waals surface area contributed by atoms with Crippen molar-refractivity contribution in [3.8, 4) is 0 Å². The molecule has 9 heteroatoms. The molecule has 4 N–H and O–H groups in total. The molecule has 0 aliphatic carbocycles. The van der Waals surface area contributed by atoms with Crippen LogP contribution in [0.5, 0.6) is 0 Å². The van der Waals surface area contributed by atoms with E-state index in [-0.39, 0.29) is 23.6 Å². The van der Waals surface area contributed by atoms with Gasteiger partial charge < -0.3 is 24.8 Å². The predicted molar refractivity (Wildman–Crippen MR) is 80.8 cm³/mol. The number of carbonyl (C=O) groups is 1. The molecule has 0 atom stereocenters. The molecule has 2 rings (SSSR count). The highest BCUT2D eigenvalue weighted by molar-refractivity contribution is 7.50. The normalized spacial score (nSPS) is 11.6. The summed E-state index contributed by atoms with van der Waals surface area (Å²) in [6.07, 6.45) is -0.555. The highest BCUT2D eigenvalue weighted by Gasteiger charge is 2.18. The van der Waals surface area contributed by atoms with E-state index >= 15 is 0 Å². The van der Waals surface area contributed by atoms with Crippen molar-refractivity contribution in [3.63, 3.8) is 0 Å². The second kappa shape index (κ2) is 6.41. The van der Waals surface area contributed by atoms with E-state index in [1.54, 1.807) is 13.1 Å². The highest BCUT2D eigenvalue weighted by atomic mass is 31.2. The minimum Gasteiger partial charge on any atom is -0.423 e. The van der Waals surface area contributed by atoms with Gasteiger partial charge in [0.15, 0.2) is 0 Å². The molecular weight excluding hydrogens is 311 g/mol. The third-order valence-electron chi connectivity index (χ3n) is 2.83. The Labute approximate surface area is 125 Å². The van der Waals surface area contributed by atoms with E-state index in [1.807, 2.05) is 0 Å². The third kappa shape index (κ3) is 4.25. The molecule has 0 saturated carbocycles. The maximum Gasteiger partial charge on any atom is 0.336 e.